The van der Waals surface area contributed by atoms with Crippen molar-refractivity contribution < 1.29 is 14.7 Å². The van der Waals surface area contributed by atoms with Crippen LogP contribution in [-0.2, 0) is 11.3 Å². The van der Waals surface area contributed by atoms with Gasteiger partial charge in [-0.1, -0.05) is 0 Å². The summed E-state index contributed by atoms with van der Waals surface area (Å²) in [6.45, 7) is 5.17. The van der Waals surface area contributed by atoms with E-state index in [-0.39, 0.29) is 6.03 Å². The summed E-state index contributed by atoms with van der Waals surface area (Å²) in [5.74, 6) is -0.826. The summed E-state index contributed by atoms with van der Waals surface area (Å²) in [4.78, 5) is 30.4. The van der Waals surface area contributed by atoms with Gasteiger partial charge in [-0.15, -0.1) is 0 Å². The molecule has 1 atom stereocenters. The zero-order chi connectivity index (χ0) is 15.2. The number of nitrogens with one attached hydrogen (secondary N) is 1. The number of urea groups is 1. The topological polar surface area (TPSA) is 90.7 Å². The van der Waals surface area contributed by atoms with Crippen molar-refractivity contribution in [2.45, 2.75) is 19.5 Å². The second kappa shape index (κ2) is 7.07. The highest BCUT2D eigenvalue weighted by Crippen LogP contribution is 2.06. The number of carboxylic acids is 1. The van der Waals surface area contributed by atoms with E-state index in [1.54, 1.807) is 24.3 Å². The molecule has 0 aromatic carbocycles. The van der Waals surface area contributed by atoms with Crippen LogP contribution in [0.25, 0.3) is 0 Å². The fraction of sp³-hybridized carbons (Fsp3) is 0.615. The van der Waals surface area contributed by atoms with Crippen LogP contribution >= 0.6 is 0 Å². The van der Waals surface area contributed by atoms with Crippen LogP contribution in [-0.4, -0.2) is 75.2 Å². The Morgan fingerprint density at radius 3 is 2.62 bits per heavy atom. The zero-order valence-corrected chi connectivity index (χ0v) is 12.1. The Bertz CT molecular complexity index is 468. The molecule has 2 rings (SSSR count). The number of carbonyl (C=O) groups excluding carboxylic acids is 1. The smallest absolute Gasteiger partial charge is 0.320 e. The van der Waals surface area contributed by atoms with E-state index in [0.29, 0.717) is 39.3 Å². The highest BCUT2D eigenvalue weighted by Gasteiger charge is 2.26. The van der Waals surface area contributed by atoms with Gasteiger partial charge in [0.15, 0.2) is 0 Å². The van der Waals surface area contributed by atoms with E-state index in [1.807, 2.05) is 15.7 Å². The lowest BCUT2D eigenvalue weighted by molar-refractivity contribution is -0.143. The summed E-state index contributed by atoms with van der Waals surface area (Å²) in [5, 5.41) is 11.8. The molecule has 0 bridgehead atoms. The number of nitrogens with zero attached hydrogens (tertiary/aromatic N) is 4. The van der Waals surface area contributed by atoms with Crippen molar-refractivity contribution in [1.29, 1.82) is 0 Å². The first kappa shape index (κ1) is 15.3. The van der Waals surface area contributed by atoms with Crippen molar-refractivity contribution in [1.82, 2.24) is 24.7 Å². The largest absolute Gasteiger partial charge is 0.480 e. The minimum Gasteiger partial charge on any atom is -0.480 e. The van der Waals surface area contributed by atoms with E-state index in [0.717, 1.165) is 0 Å². The molecule has 8 nitrogen and oxygen atoms in total. The van der Waals surface area contributed by atoms with Gasteiger partial charge < -0.3 is 19.9 Å². The van der Waals surface area contributed by atoms with Crippen molar-refractivity contribution in [3.05, 3.63) is 18.7 Å². The van der Waals surface area contributed by atoms with Gasteiger partial charge in [0.2, 0.25) is 0 Å². The Hall–Kier alpha value is -2.09. The highest BCUT2D eigenvalue weighted by atomic mass is 16.4. The molecule has 1 aliphatic heterocycles. The molecular formula is C13H21N5O3. The molecule has 1 fully saturated rings. The number of carbonyl (C=O) groups is 2. The average molecular weight is 295 g/mol. The summed E-state index contributed by atoms with van der Waals surface area (Å²) in [6.07, 6.45) is 5.25. The van der Waals surface area contributed by atoms with Gasteiger partial charge in [-0.2, -0.15) is 0 Å². The minimum atomic E-state index is -0.826. The van der Waals surface area contributed by atoms with E-state index in [9.17, 15) is 9.59 Å². The monoisotopic (exact) mass is 295 g/mol. The first-order valence-electron chi connectivity index (χ1n) is 7.03. The number of imidazole rings is 1. The second-order valence-electron chi connectivity index (χ2n) is 5.07. The van der Waals surface area contributed by atoms with Gasteiger partial charge in [0.25, 0.3) is 0 Å². The number of carboxylic acid groups (broad SMARTS) is 1. The summed E-state index contributed by atoms with van der Waals surface area (Å²) in [7, 11) is 0. The van der Waals surface area contributed by atoms with E-state index in [2.05, 4.69) is 10.3 Å². The maximum absolute atomic E-state index is 12.0. The third kappa shape index (κ3) is 4.19. The van der Waals surface area contributed by atoms with Gasteiger partial charge in [-0.05, 0) is 6.92 Å². The minimum absolute atomic E-state index is 0.0993. The summed E-state index contributed by atoms with van der Waals surface area (Å²) in [6, 6.07) is -0.603. The van der Waals surface area contributed by atoms with Gasteiger partial charge in [-0.3, -0.25) is 9.69 Å². The van der Waals surface area contributed by atoms with E-state index >= 15 is 0 Å². The van der Waals surface area contributed by atoms with E-state index in [4.69, 9.17) is 5.11 Å². The van der Waals surface area contributed by atoms with Gasteiger partial charge in [0.1, 0.15) is 6.04 Å². The Morgan fingerprint density at radius 2 is 2.05 bits per heavy atom. The molecule has 0 spiro atoms. The van der Waals surface area contributed by atoms with Crippen LogP contribution in [0.5, 0.6) is 0 Å². The fourth-order valence-electron chi connectivity index (χ4n) is 2.29. The highest BCUT2D eigenvalue weighted by molar-refractivity contribution is 5.74. The normalized spacial score (nSPS) is 17.5. The van der Waals surface area contributed by atoms with E-state index < -0.39 is 12.0 Å². The molecule has 116 valence electrons. The molecule has 0 radical (unpaired) electrons. The molecule has 1 saturated heterocycles. The maximum atomic E-state index is 12.0. The first-order valence-corrected chi connectivity index (χ1v) is 7.03. The third-order valence-corrected chi connectivity index (χ3v) is 3.71. The SMILES string of the molecule is CC(C(=O)O)N1CCN(C(=O)NCCn2ccnc2)CC1. The molecule has 1 unspecified atom stereocenters. The molecule has 0 saturated carbocycles. The number of hydrogen-bond acceptors (Lipinski definition) is 4. The van der Waals surface area contributed by atoms with Crippen LogP contribution in [0.4, 0.5) is 4.79 Å². The summed E-state index contributed by atoms with van der Waals surface area (Å²) >= 11 is 0. The predicted molar refractivity (Wildman–Crippen MR) is 75.9 cm³/mol. The van der Waals surface area contributed by atoms with Crippen molar-refractivity contribution in [3.63, 3.8) is 0 Å². The maximum Gasteiger partial charge on any atom is 0.320 e. The van der Waals surface area contributed by atoms with Crippen LogP contribution < -0.4 is 5.32 Å². The van der Waals surface area contributed by atoms with Crippen molar-refractivity contribution in [3.8, 4) is 0 Å². The summed E-state index contributed by atoms with van der Waals surface area (Å²) < 4.78 is 1.90. The predicted octanol–water partition coefficient (Wildman–Crippen LogP) is -0.317. The Kier molecular flexibility index (Phi) is 5.15. The average Bonchev–Trinajstić information content (AvgIpc) is 2.99. The lowest BCUT2D eigenvalue weighted by Gasteiger charge is -2.36. The standard InChI is InChI=1S/C13H21N5O3/c1-11(12(19)20)17-6-8-18(9-7-17)13(21)15-3-5-16-4-2-14-10-16/h2,4,10-11H,3,5-9H2,1H3,(H,15,21)(H,19,20). The van der Waals surface area contributed by atoms with Crippen molar-refractivity contribution in [2.75, 3.05) is 32.7 Å². The van der Waals surface area contributed by atoms with Gasteiger partial charge >= 0.3 is 12.0 Å². The number of piperazine rings is 1. The second-order valence-corrected chi connectivity index (χ2v) is 5.07. The Morgan fingerprint density at radius 1 is 1.33 bits per heavy atom. The van der Waals surface area contributed by atoms with E-state index in [1.165, 1.54) is 0 Å². The molecule has 2 amide bonds. The zero-order valence-electron chi connectivity index (χ0n) is 12.1. The van der Waals surface area contributed by atoms with Crippen LogP contribution in [0.3, 0.4) is 0 Å². The molecule has 21 heavy (non-hydrogen) atoms. The molecule has 2 N–H and O–H groups in total. The van der Waals surface area contributed by atoms with Crippen molar-refractivity contribution >= 4 is 12.0 Å². The number of aliphatic carboxylic acids is 1. The number of aromatic nitrogens is 2. The lowest BCUT2D eigenvalue weighted by atomic mass is 10.2. The molecular weight excluding hydrogens is 274 g/mol. The van der Waals surface area contributed by atoms with Crippen LogP contribution in [0, 0.1) is 0 Å². The van der Waals surface area contributed by atoms with Crippen LogP contribution in [0.2, 0.25) is 0 Å². The summed E-state index contributed by atoms with van der Waals surface area (Å²) in [5.41, 5.74) is 0. The molecule has 2 heterocycles. The molecule has 1 aromatic heterocycles. The van der Waals surface area contributed by atoms with Crippen molar-refractivity contribution in [2.24, 2.45) is 0 Å². The molecule has 1 aliphatic rings. The fourth-order valence-corrected chi connectivity index (χ4v) is 2.29. The molecule has 0 aliphatic carbocycles. The number of amides is 2. The Labute approximate surface area is 123 Å². The molecule has 8 heteroatoms. The lowest BCUT2D eigenvalue weighted by Crippen LogP contribution is -2.55. The van der Waals surface area contributed by atoms with Crippen LogP contribution in [0.1, 0.15) is 6.92 Å². The quantitative estimate of drug-likeness (QED) is 0.777. The third-order valence-electron chi connectivity index (χ3n) is 3.71. The number of hydrogen-bond donors (Lipinski definition) is 2. The Balaban J connectivity index is 1.69. The number of rotatable bonds is 5. The van der Waals surface area contributed by atoms with Gasteiger partial charge in [-0.25, -0.2) is 9.78 Å². The van der Waals surface area contributed by atoms with Gasteiger partial charge in [0.05, 0.1) is 6.33 Å². The molecule has 1 aromatic rings. The first-order chi connectivity index (χ1) is 10.1. The van der Waals surface area contributed by atoms with Crippen LogP contribution in [0.15, 0.2) is 18.7 Å². The van der Waals surface area contributed by atoms with Gasteiger partial charge in [0, 0.05) is 51.7 Å².